The highest BCUT2D eigenvalue weighted by Gasteiger charge is 2.21. The van der Waals surface area contributed by atoms with Crippen molar-refractivity contribution >= 4 is 32.7 Å². The molecule has 0 aliphatic heterocycles. The second kappa shape index (κ2) is 12.9. The van der Waals surface area contributed by atoms with Gasteiger partial charge in [0.25, 0.3) is 0 Å². The van der Waals surface area contributed by atoms with E-state index in [1.165, 1.54) is 6.07 Å². The van der Waals surface area contributed by atoms with Gasteiger partial charge in [0.2, 0.25) is 0 Å². The second-order valence-electron chi connectivity index (χ2n) is 12.7. The number of hydrogen-bond donors (Lipinski definition) is 0. The molecule has 0 unspecified atom stereocenters. The monoisotopic (exact) mass is 685 g/mol. The normalized spacial score (nSPS) is 13.8. The van der Waals surface area contributed by atoms with Gasteiger partial charge in [-0.2, -0.15) is 0 Å². The molecule has 248 valence electrons. The quantitative estimate of drug-likeness (QED) is 0.175. The van der Waals surface area contributed by atoms with E-state index in [0.29, 0.717) is 50.2 Å². The van der Waals surface area contributed by atoms with Crippen molar-refractivity contribution in [2.45, 2.75) is 0 Å². The first-order valence-electron chi connectivity index (χ1n) is 21.7. The van der Waals surface area contributed by atoms with Gasteiger partial charge in [-0.3, -0.25) is 0 Å². The van der Waals surface area contributed by atoms with Gasteiger partial charge in [0.05, 0.1) is 23.7 Å². The van der Waals surface area contributed by atoms with E-state index in [1.807, 2.05) is 66.7 Å². The molecule has 3 nitrogen and oxygen atoms in total. The number of furan rings is 1. The predicted molar refractivity (Wildman–Crippen MR) is 219 cm³/mol. The Hall–Kier alpha value is -7.10. The molecule has 0 fully saturated rings. The van der Waals surface area contributed by atoms with Gasteiger partial charge < -0.3 is 4.42 Å². The third-order valence-electron chi connectivity index (χ3n) is 9.56. The van der Waals surface area contributed by atoms with Gasteiger partial charge in [-0.25, -0.2) is 9.97 Å². The van der Waals surface area contributed by atoms with Crippen molar-refractivity contribution in [2.24, 2.45) is 0 Å². The molecule has 0 aliphatic rings. The summed E-state index contributed by atoms with van der Waals surface area (Å²) in [4.78, 5) is 10.2. The Labute approximate surface area is 320 Å². The van der Waals surface area contributed by atoms with Crippen LogP contribution < -0.4 is 0 Å². The molecule has 0 aliphatic carbocycles. The zero-order chi connectivity index (χ0) is 43.0. The minimum atomic E-state index is -0.460. The number of rotatable bonds is 6. The molecule has 3 heteroatoms. The van der Waals surface area contributed by atoms with Gasteiger partial charge in [-0.05, 0) is 68.4 Å². The Bertz CT molecular complexity index is 3410. The van der Waals surface area contributed by atoms with Crippen LogP contribution in [-0.4, -0.2) is 9.97 Å². The molecule has 0 N–H and O–H groups in total. The predicted octanol–water partition coefficient (Wildman–Crippen LogP) is 13.5. The summed E-state index contributed by atoms with van der Waals surface area (Å²) in [7, 11) is 0. The molecule has 0 amide bonds. The summed E-state index contributed by atoms with van der Waals surface area (Å²) in [6.45, 7) is 0. The standard InChI is InChI=1S/C50H32N2O/c1-3-12-33(13-4-1)34-22-28-38(29-23-34)44-32-45(52-50(51-44)39-15-5-2-6-16-39)48-42(30-31-47-49(48)43-19-9-10-21-46(43)53-47)37-26-24-36(25-27-37)41-20-11-17-35-14-7-8-18-40(35)41/h1-32H/i1D,3D,4D,9D,10D,12D,13D,21D,31D. The third kappa shape index (κ3) is 5.56. The highest BCUT2D eigenvalue weighted by molar-refractivity contribution is 6.15. The molecule has 0 bridgehead atoms. The maximum absolute atomic E-state index is 9.26. The summed E-state index contributed by atoms with van der Waals surface area (Å²) in [6.07, 6.45) is 0. The molecule has 2 aromatic heterocycles. The van der Waals surface area contributed by atoms with Crippen LogP contribution in [-0.2, 0) is 0 Å². The Balaban J connectivity index is 1.22. The molecule has 0 saturated carbocycles. The summed E-state index contributed by atoms with van der Waals surface area (Å²) in [5.41, 5.74) is 7.32. The Morgan fingerprint density at radius 1 is 0.415 bits per heavy atom. The Morgan fingerprint density at radius 3 is 1.92 bits per heavy atom. The lowest BCUT2D eigenvalue weighted by Gasteiger charge is -2.15. The molecule has 0 spiro atoms. The first kappa shape index (κ1) is 22.7. The van der Waals surface area contributed by atoms with Crippen LogP contribution in [0.15, 0.2) is 198 Å². The fraction of sp³-hybridized carbons (Fsp3) is 0. The number of fused-ring (bicyclic) bond motifs is 4. The van der Waals surface area contributed by atoms with Crippen LogP contribution in [0.3, 0.4) is 0 Å². The van der Waals surface area contributed by atoms with Crippen molar-refractivity contribution in [3.8, 4) is 67.3 Å². The molecule has 0 atom stereocenters. The van der Waals surface area contributed by atoms with Crippen LogP contribution in [0.5, 0.6) is 0 Å². The van der Waals surface area contributed by atoms with Gasteiger partial charge >= 0.3 is 0 Å². The van der Waals surface area contributed by atoms with Gasteiger partial charge in [0.1, 0.15) is 11.2 Å². The van der Waals surface area contributed by atoms with Gasteiger partial charge in [-0.15, -0.1) is 0 Å². The summed E-state index contributed by atoms with van der Waals surface area (Å²) >= 11 is 0. The minimum Gasteiger partial charge on any atom is -0.456 e. The van der Waals surface area contributed by atoms with Crippen molar-refractivity contribution < 1.29 is 16.8 Å². The lowest BCUT2D eigenvalue weighted by Crippen LogP contribution is -1.97. The van der Waals surface area contributed by atoms with Gasteiger partial charge in [-0.1, -0.05) is 170 Å². The van der Waals surface area contributed by atoms with Gasteiger partial charge in [0, 0.05) is 27.5 Å². The van der Waals surface area contributed by atoms with Crippen LogP contribution in [0.25, 0.3) is 100.0 Å². The third-order valence-corrected chi connectivity index (χ3v) is 9.56. The number of hydrogen-bond acceptors (Lipinski definition) is 3. The molecule has 0 saturated heterocycles. The summed E-state index contributed by atoms with van der Waals surface area (Å²) in [6, 6.07) is 41.6. The topological polar surface area (TPSA) is 38.9 Å². The molecule has 0 radical (unpaired) electrons. The van der Waals surface area contributed by atoms with E-state index in [4.69, 9.17) is 25.4 Å². The highest BCUT2D eigenvalue weighted by atomic mass is 16.3. The zero-order valence-corrected chi connectivity index (χ0v) is 28.1. The zero-order valence-electron chi connectivity index (χ0n) is 37.1. The van der Waals surface area contributed by atoms with Crippen molar-refractivity contribution in [3.05, 3.63) is 194 Å². The van der Waals surface area contributed by atoms with E-state index >= 15 is 0 Å². The minimum absolute atomic E-state index is 0.0614. The van der Waals surface area contributed by atoms with E-state index in [-0.39, 0.29) is 53.0 Å². The first-order valence-corrected chi connectivity index (χ1v) is 17.2. The van der Waals surface area contributed by atoms with E-state index < -0.39 is 18.1 Å². The van der Waals surface area contributed by atoms with Crippen molar-refractivity contribution in [3.63, 3.8) is 0 Å². The Kier molecular flexibility index (Phi) is 5.52. The molecular weight excluding hydrogens is 645 g/mol. The van der Waals surface area contributed by atoms with Crippen molar-refractivity contribution in [1.82, 2.24) is 9.97 Å². The first-order chi connectivity index (χ1) is 30.0. The largest absolute Gasteiger partial charge is 0.456 e. The average molecular weight is 686 g/mol. The summed E-state index contributed by atoms with van der Waals surface area (Å²) < 4.78 is 82.8. The SMILES string of the molecule is [2H]c1cc2c(oc3c([2H])cc(-c4ccc(-c5cccc6ccccc56)cc4)c(-c4cc(-c5ccc(-c6c([2H])c([2H])c([2H])c([2H])c6[2H])cc5)nc(-c5ccccc5)n4)c32)c([2H])c1[2H]. The second-order valence-corrected chi connectivity index (χ2v) is 12.7. The van der Waals surface area contributed by atoms with E-state index in [0.717, 1.165) is 33.0 Å². The molecule has 10 rings (SSSR count). The molecular formula is C50H32N2O. The number of aromatic nitrogens is 2. The van der Waals surface area contributed by atoms with Crippen molar-refractivity contribution in [1.29, 1.82) is 0 Å². The van der Waals surface area contributed by atoms with E-state index in [9.17, 15) is 1.37 Å². The van der Waals surface area contributed by atoms with Crippen LogP contribution in [0.4, 0.5) is 0 Å². The van der Waals surface area contributed by atoms with Crippen molar-refractivity contribution in [2.75, 3.05) is 0 Å². The number of para-hydroxylation sites is 1. The molecule has 8 aromatic carbocycles. The van der Waals surface area contributed by atoms with E-state index in [2.05, 4.69) is 36.4 Å². The Morgan fingerprint density at radius 2 is 1.09 bits per heavy atom. The van der Waals surface area contributed by atoms with Crippen LogP contribution in [0.1, 0.15) is 12.3 Å². The van der Waals surface area contributed by atoms with E-state index in [1.54, 1.807) is 30.3 Å². The highest BCUT2D eigenvalue weighted by Crippen LogP contribution is 2.44. The molecule has 53 heavy (non-hydrogen) atoms. The van der Waals surface area contributed by atoms with Gasteiger partial charge in [0.15, 0.2) is 5.82 Å². The number of nitrogens with zero attached hydrogens (tertiary/aromatic N) is 2. The maximum Gasteiger partial charge on any atom is 0.160 e. The summed E-state index contributed by atoms with van der Waals surface area (Å²) in [5.74, 6) is 0.400. The maximum atomic E-state index is 9.26. The fourth-order valence-electron chi connectivity index (χ4n) is 7.01. The average Bonchev–Trinajstić information content (AvgIpc) is 3.69. The summed E-state index contributed by atoms with van der Waals surface area (Å²) in [5, 5.41) is 3.14. The smallest absolute Gasteiger partial charge is 0.160 e. The molecule has 10 aromatic rings. The van der Waals surface area contributed by atoms with Crippen LogP contribution in [0, 0.1) is 0 Å². The fourth-order valence-corrected chi connectivity index (χ4v) is 7.01. The van der Waals surface area contributed by atoms with Crippen LogP contribution >= 0.6 is 0 Å². The van der Waals surface area contributed by atoms with Crippen LogP contribution in [0.2, 0.25) is 0 Å². The lowest BCUT2D eigenvalue weighted by atomic mass is 9.91. The number of benzene rings is 8. The molecule has 2 heterocycles. The lowest BCUT2D eigenvalue weighted by molar-refractivity contribution is 0.669.